The molecule has 2 aromatic heterocycles. The standard InChI is InChI=1S/C16H17N5O2S/c1-22-11-6-3-2-5-10(11)18-14-13-15(20-16(24)19-14)21(9-17-13)12-7-4-8-23-12/h2-3,5-6,9,12H,4,7-8H2,1H3,(H2,18,19,20,24). The number of aromatic nitrogens is 4. The maximum atomic E-state index is 5.74. The number of nitrogens with zero attached hydrogens (tertiary/aromatic N) is 4. The number of thiol groups is 1. The molecule has 1 fully saturated rings. The highest BCUT2D eigenvalue weighted by atomic mass is 32.1. The van der Waals surface area contributed by atoms with Crippen molar-refractivity contribution < 1.29 is 9.47 Å². The first-order valence-electron chi connectivity index (χ1n) is 7.71. The van der Waals surface area contributed by atoms with Crippen molar-refractivity contribution in [3.8, 4) is 5.75 Å². The van der Waals surface area contributed by atoms with Gasteiger partial charge in [0.05, 0.1) is 19.1 Å². The number of rotatable bonds is 4. The smallest absolute Gasteiger partial charge is 0.188 e. The Labute approximate surface area is 144 Å². The van der Waals surface area contributed by atoms with Crippen LogP contribution in [0.15, 0.2) is 35.7 Å². The van der Waals surface area contributed by atoms with Crippen LogP contribution in [0.1, 0.15) is 19.1 Å². The lowest BCUT2D eigenvalue weighted by molar-refractivity contribution is 0.0592. The zero-order valence-electron chi connectivity index (χ0n) is 13.1. The molecule has 0 bridgehead atoms. The second-order valence-corrected chi connectivity index (χ2v) is 5.89. The molecule has 124 valence electrons. The van der Waals surface area contributed by atoms with E-state index in [0.29, 0.717) is 22.1 Å². The Balaban J connectivity index is 1.78. The first-order chi connectivity index (χ1) is 11.8. The molecule has 1 unspecified atom stereocenters. The van der Waals surface area contributed by atoms with Gasteiger partial charge in [-0.2, -0.15) is 0 Å². The lowest BCUT2D eigenvalue weighted by Crippen LogP contribution is -2.07. The van der Waals surface area contributed by atoms with Gasteiger partial charge in [0.1, 0.15) is 12.0 Å². The van der Waals surface area contributed by atoms with Crippen molar-refractivity contribution in [1.82, 2.24) is 19.5 Å². The van der Waals surface area contributed by atoms with Gasteiger partial charge in [-0.05, 0) is 25.0 Å². The molecule has 1 atom stereocenters. The van der Waals surface area contributed by atoms with Crippen molar-refractivity contribution in [3.05, 3.63) is 30.6 Å². The van der Waals surface area contributed by atoms with E-state index < -0.39 is 0 Å². The quantitative estimate of drug-likeness (QED) is 0.560. The third-order valence-corrected chi connectivity index (χ3v) is 4.19. The van der Waals surface area contributed by atoms with Crippen LogP contribution in [0.2, 0.25) is 0 Å². The Morgan fingerprint density at radius 3 is 3.00 bits per heavy atom. The predicted molar refractivity (Wildman–Crippen MR) is 93.1 cm³/mol. The van der Waals surface area contributed by atoms with Gasteiger partial charge in [-0.15, -0.1) is 12.6 Å². The number of anilines is 2. The molecule has 8 heteroatoms. The summed E-state index contributed by atoms with van der Waals surface area (Å²) in [6.45, 7) is 0.759. The van der Waals surface area contributed by atoms with Gasteiger partial charge in [-0.25, -0.2) is 15.0 Å². The minimum absolute atomic E-state index is 0.0308. The minimum Gasteiger partial charge on any atom is -0.495 e. The van der Waals surface area contributed by atoms with Crippen molar-refractivity contribution in [2.45, 2.75) is 24.2 Å². The molecule has 4 rings (SSSR count). The van der Waals surface area contributed by atoms with E-state index in [1.54, 1.807) is 13.4 Å². The highest BCUT2D eigenvalue weighted by Crippen LogP contribution is 2.32. The van der Waals surface area contributed by atoms with E-state index >= 15 is 0 Å². The summed E-state index contributed by atoms with van der Waals surface area (Å²) in [7, 11) is 1.63. The molecular weight excluding hydrogens is 326 g/mol. The van der Waals surface area contributed by atoms with E-state index in [1.165, 1.54) is 0 Å². The highest BCUT2D eigenvalue weighted by molar-refractivity contribution is 7.80. The molecule has 7 nitrogen and oxygen atoms in total. The molecule has 1 aliphatic rings. The molecule has 1 aliphatic heterocycles. The molecule has 0 radical (unpaired) electrons. The van der Waals surface area contributed by atoms with Crippen LogP contribution in [0.4, 0.5) is 11.5 Å². The summed E-state index contributed by atoms with van der Waals surface area (Å²) in [4.78, 5) is 13.3. The van der Waals surface area contributed by atoms with E-state index in [4.69, 9.17) is 9.47 Å². The van der Waals surface area contributed by atoms with Crippen molar-refractivity contribution in [2.75, 3.05) is 19.0 Å². The lowest BCUT2D eigenvalue weighted by atomic mass is 10.3. The van der Waals surface area contributed by atoms with Crippen molar-refractivity contribution in [3.63, 3.8) is 0 Å². The zero-order chi connectivity index (χ0) is 16.5. The first kappa shape index (κ1) is 15.2. The summed E-state index contributed by atoms with van der Waals surface area (Å²) >= 11 is 4.33. The van der Waals surface area contributed by atoms with Crippen LogP contribution in [0.25, 0.3) is 11.2 Å². The van der Waals surface area contributed by atoms with Gasteiger partial charge in [0.25, 0.3) is 0 Å². The summed E-state index contributed by atoms with van der Waals surface area (Å²) in [6.07, 6.45) is 3.70. The molecule has 3 aromatic rings. The van der Waals surface area contributed by atoms with Crippen LogP contribution in [-0.4, -0.2) is 33.2 Å². The molecule has 0 amide bonds. The predicted octanol–water partition coefficient (Wildman–Crippen LogP) is 3.18. The number of para-hydroxylation sites is 2. The fraction of sp³-hybridized carbons (Fsp3) is 0.312. The number of fused-ring (bicyclic) bond motifs is 1. The number of hydrogen-bond donors (Lipinski definition) is 2. The number of nitrogens with one attached hydrogen (secondary N) is 1. The van der Waals surface area contributed by atoms with E-state index in [1.807, 2.05) is 28.8 Å². The van der Waals surface area contributed by atoms with Crippen LogP contribution in [0.3, 0.4) is 0 Å². The van der Waals surface area contributed by atoms with Gasteiger partial charge in [0, 0.05) is 6.61 Å². The summed E-state index contributed by atoms with van der Waals surface area (Å²) in [5.74, 6) is 1.31. The first-order valence-corrected chi connectivity index (χ1v) is 8.16. The average molecular weight is 343 g/mol. The van der Waals surface area contributed by atoms with Crippen LogP contribution < -0.4 is 10.1 Å². The Bertz CT molecular complexity index is 876. The summed E-state index contributed by atoms with van der Waals surface area (Å²) in [6, 6.07) is 7.64. The van der Waals surface area contributed by atoms with Gasteiger partial charge < -0.3 is 14.8 Å². The second kappa shape index (κ2) is 6.29. The van der Waals surface area contributed by atoms with Gasteiger partial charge in [-0.1, -0.05) is 12.1 Å². The van der Waals surface area contributed by atoms with E-state index in [0.717, 1.165) is 30.9 Å². The maximum absolute atomic E-state index is 5.74. The average Bonchev–Trinajstić information content (AvgIpc) is 3.24. The van der Waals surface area contributed by atoms with Gasteiger partial charge in [0.15, 0.2) is 22.1 Å². The molecule has 0 aliphatic carbocycles. The largest absolute Gasteiger partial charge is 0.495 e. The van der Waals surface area contributed by atoms with E-state index in [2.05, 4.69) is 32.9 Å². The zero-order valence-corrected chi connectivity index (χ0v) is 14.0. The molecule has 3 heterocycles. The Kier molecular flexibility index (Phi) is 3.99. The van der Waals surface area contributed by atoms with Crippen LogP contribution in [0, 0.1) is 0 Å². The number of ether oxygens (including phenoxy) is 2. The van der Waals surface area contributed by atoms with Gasteiger partial charge >= 0.3 is 0 Å². The molecule has 0 spiro atoms. The fourth-order valence-electron chi connectivity index (χ4n) is 2.86. The number of methoxy groups -OCH3 is 1. The van der Waals surface area contributed by atoms with Crippen LogP contribution in [-0.2, 0) is 4.74 Å². The number of hydrogen-bond acceptors (Lipinski definition) is 7. The maximum Gasteiger partial charge on any atom is 0.188 e. The fourth-order valence-corrected chi connectivity index (χ4v) is 3.05. The lowest BCUT2D eigenvalue weighted by Gasteiger charge is -2.13. The highest BCUT2D eigenvalue weighted by Gasteiger charge is 2.22. The number of imidazole rings is 1. The summed E-state index contributed by atoms with van der Waals surface area (Å²) < 4.78 is 13.1. The number of benzene rings is 1. The normalized spacial score (nSPS) is 17.3. The molecule has 1 N–H and O–H groups in total. The van der Waals surface area contributed by atoms with Crippen molar-refractivity contribution in [1.29, 1.82) is 0 Å². The minimum atomic E-state index is -0.0308. The Morgan fingerprint density at radius 1 is 1.33 bits per heavy atom. The van der Waals surface area contributed by atoms with Gasteiger partial charge in [0.2, 0.25) is 0 Å². The summed E-state index contributed by atoms with van der Waals surface area (Å²) in [5.41, 5.74) is 2.19. The molecule has 1 aromatic carbocycles. The third-order valence-electron chi connectivity index (χ3n) is 3.99. The van der Waals surface area contributed by atoms with Crippen LogP contribution >= 0.6 is 12.6 Å². The van der Waals surface area contributed by atoms with E-state index in [-0.39, 0.29) is 6.23 Å². The second-order valence-electron chi connectivity index (χ2n) is 5.49. The molecule has 0 saturated carbocycles. The van der Waals surface area contributed by atoms with Crippen molar-refractivity contribution in [2.24, 2.45) is 0 Å². The topological polar surface area (TPSA) is 74.1 Å². The Morgan fingerprint density at radius 2 is 2.21 bits per heavy atom. The SMILES string of the molecule is COc1ccccc1Nc1nc(S)nc2c1ncn2C1CCCO1. The monoisotopic (exact) mass is 343 g/mol. The molecule has 1 saturated heterocycles. The molecule has 24 heavy (non-hydrogen) atoms. The van der Waals surface area contributed by atoms with Gasteiger partial charge in [-0.3, -0.25) is 4.57 Å². The van der Waals surface area contributed by atoms with Crippen LogP contribution in [0.5, 0.6) is 5.75 Å². The van der Waals surface area contributed by atoms with Crippen molar-refractivity contribution >= 4 is 35.3 Å². The van der Waals surface area contributed by atoms with E-state index in [9.17, 15) is 0 Å². The third kappa shape index (κ3) is 2.67. The molecular formula is C16H17N5O2S. The Hall–Kier alpha value is -2.32. The summed E-state index contributed by atoms with van der Waals surface area (Å²) in [5, 5.41) is 3.64.